The molecule has 0 aliphatic heterocycles. The molecule has 5 aromatic rings. The lowest BCUT2D eigenvalue weighted by Gasteiger charge is -2.13. The predicted molar refractivity (Wildman–Crippen MR) is 121 cm³/mol. The minimum atomic E-state index is -0.0677. The monoisotopic (exact) mass is 409 g/mol. The molecule has 30 heavy (non-hydrogen) atoms. The van der Waals surface area contributed by atoms with Crippen LogP contribution in [0.25, 0.3) is 27.0 Å². The summed E-state index contributed by atoms with van der Waals surface area (Å²) < 4.78 is 1.91. The van der Waals surface area contributed by atoms with Crippen LogP contribution in [0.1, 0.15) is 21.6 Å². The van der Waals surface area contributed by atoms with Gasteiger partial charge in [0.2, 0.25) is 0 Å². The first-order valence-corrected chi connectivity index (χ1v) is 11.0. The first kappa shape index (κ1) is 17.4. The average Bonchev–Trinajstić information content (AvgIpc) is 3.46. The van der Waals surface area contributed by atoms with Crippen molar-refractivity contribution in [2.24, 2.45) is 0 Å². The molecule has 0 atom stereocenters. The summed E-state index contributed by atoms with van der Waals surface area (Å²) in [4.78, 5) is 19.1. The van der Waals surface area contributed by atoms with Crippen LogP contribution in [0.5, 0.6) is 0 Å². The highest BCUT2D eigenvalue weighted by Gasteiger charge is 2.27. The van der Waals surface area contributed by atoms with Gasteiger partial charge in [0.05, 0.1) is 0 Å². The Morgan fingerprint density at radius 1 is 0.967 bits per heavy atom. The third-order valence-corrected chi connectivity index (χ3v) is 6.64. The van der Waals surface area contributed by atoms with Gasteiger partial charge < -0.3 is 5.32 Å². The van der Waals surface area contributed by atoms with Crippen molar-refractivity contribution in [3.8, 4) is 11.3 Å². The molecule has 2 aromatic heterocycles. The number of nitrogens with zero attached hydrogens (tertiary/aromatic N) is 2. The topological polar surface area (TPSA) is 46.4 Å². The van der Waals surface area contributed by atoms with E-state index in [1.54, 1.807) is 11.3 Å². The summed E-state index contributed by atoms with van der Waals surface area (Å²) in [6, 6.07) is 23.0. The van der Waals surface area contributed by atoms with Gasteiger partial charge in [0, 0.05) is 23.2 Å². The van der Waals surface area contributed by atoms with Crippen molar-refractivity contribution in [2.75, 3.05) is 0 Å². The van der Waals surface area contributed by atoms with E-state index in [1.165, 1.54) is 16.5 Å². The lowest BCUT2D eigenvalue weighted by atomic mass is 10.0. The lowest BCUT2D eigenvalue weighted by molar-refractivity contribution is 0.0933. The Labute approximate surface area is 177 Å². The normalized spacial score (nSPS) is 13.7. The number of carbonyl (C=O) groups is 1. The van der Waals surface area contributed by atoms with Crippen LogP contribution >= 0.6 is 11.3 Å². The smallest absolute Gasteiger partial charge is 0.270 e. The molecule has 0 fully saturated rings. The van der Waals surface area contributed by atoms with Crippen LogP contribution in [-0.4, -0.2) is 21.3 Å². The van der Waals surface area contributed by atoms with Crippen LogP contribution in [0.15, 0.2) is 78.3 Å². The van der Waals surface area contributed by atoms with Crippen molar-refractivity contribution in [1.29, 1.82) is 0 Å². The molecule has 6 rings (SSSR count). The van der Waals surface area contributed by atoms with E-state index in [4.69, 9.17) is 4.98 Å². The molecule has 1 aliphatic rings. The zero-order valence-electron chi connectivity index (χ0n) is 16.2. The molecule has 0 unspecified atom stereocenters. The van der Waals surface area contributed by atoms with Gasteiger partial charge in [-0.1, -0.05) is 60.7 Å². The quantitative estimate of drug-likeness (QED) is 0.450. The number of imidazole rings is 1. The molecule has 0 radical (unpaired) electrons. The highest BCUT2D eigenvalue weighted by Crippen LogP contribution is 2.30. The standard InChI is InChI=1S/C25H19N3OS/c29-24(26-21-14-18-7-3-4-8-19(18)15-21)23-22(27-25-28(23)11-12-30-25)20-10-9-16-5-1-2-6-17(16)13-20/h1-13,21H,14-15H2,(H,26,29). The lowest BCUT2D eigenvalue weighted by Crippen LogP contribution is -2.36. The number of hydrogen-bond donors (Lipinski definition) is 1. The van der Waals surface area contributed by atoms with E-state index in [0.717, 1.165) is 34.4 Å². The molecule has 5 heteroatoms. The maximum absolute atomic E-state index is 13.4. The molecule has 0 spiro atoms. The number of fused-ring (bicyclic) bond motifs is 3. The average molecular weight is 410 g/mol. The summed E-state index contributed by atoms with van der Waals surface area (Å²) in [5.41, 5.74) is 4.96. The number of amides is 1. The zero-order valence-corrected chi connectivity index (χ0v) is 17.0. The molecule has 1 aliphatic carbocycles. The third-order valence-electron chi connectivity index (χ3n) is 5.89. The molecule has 1 amide bonds. The van der Waals surface area contributed by atoms with E-state index in [1.807, 2.05) is 28.1 Å². The van der Waals surface area contributed by atoms with Crippen molar-refractivity contribution < 1.29 is 4.79 Å². The Kier molecular flexibility index (Phi) is 3.96. The fourth-order valence-electron chi connectivity index (χ4n) is 4.46. The minimum absolute atomic E-state index is 0.0677. The van der Waals surface area contributed by atoms with E-state index in [-0.39, 0.29) is 11.9 Å². The van der Waals surface area contributed by atoms with Gasteiger partial charge in [-0.05, 0) is 40.8 Å². The molecule has 1 N–H and O–H groups in total. The van der Waals surface area contributed by atoms with Gasteiger partial charge in [-0.15, -0.1) is 11.3 Å². The number of rotatable bonds is 3. The van der Waals surface area contributed by atoms with Gasteiger partial charge in [0.1, 0.15) is 11.4 Å². The highest BCUT2D eigenvalue weighted by atomic mass is 32.1. The first-order chi connectivity index (χ1) is 14.8. The minimum Gasteiger partial charge on any atom is -0.347 e. The van der Waals surface area contributed by atoms with E-state index >= 15 is 0 Å². The SMILES string of the molecule is O=C(NC1Cc2ccccc2C1)c1c(-c2ccc3ccccc3c2)nc2sccn12. The number of nitrogens with one attached hydrogen (secondary N) is 1. The van der Waals surface area contributed by atoms with Crippen LogP contribution in [-0.2, 0) is 12.8 Å². The van der Waals surface area contributed by atoms with Crippen molar-refractivity contribution in [3.63, 3.8) is 0 Å². The van der Waals surface area contributed by atoms with Gasteiger partial charge in [-0.25, -0.2) is 4.98 Å². The Balaban J connectivity index is 1.38. The van der Waals surface area contributed by atoms with Gasteiger partial charge in [0.15, 0.2) is 4.96 Å². The summed E-state index contributed by atoms with van der Waals surface area (Å²) in [5, 5.41) is 7.55. The first-order valence-electron chi connectivity index (χ1n) is 10.1. The van der Waals surface area contributed by atoms with Gasteiger partial charge in [-0.3, -0.25) is 9.20 Å². The molecule has 4 nitrogen and oxygen atoms in total. The van der Waals surface area contributed by atoms with E-state index < -0.39 is 0 Å². The number of thiazole rings is 1. The highest BCUT2D eigenvalue weighted by molar-refractivity contribution is 7.15. The van der Waals surface area contributed by atoms with Crippen LogP contribution in [0, 0.1) is 0 Å². The van der Waals surface area contributed by atoms with Crippen molar-refractivity contribution >= 4 is 33.0 Å². The van der Waals surface area contributed by atoms with Gasteiger partial charge >= 0.3 is 0 Å². The summed E-state index contributed by atoms with van der Waals surface area (Å²) in [6.07, 6.45) is 3.67. The third kappa shape index (κ3) is 2.82. The van der Waals surface area contributed by atoms with E-state index in [2.05, 4.69) is 59.9 Å². The number of aromatic nitrogens is 2. The summed E-state index contributed by atoms with van der Waals surface area (Å²) in [7, 11) is 0. The molecular formula is C25H19N3OS. The number of benzene rings is 3. The number of carbonyl (C=O) groups excluding carboxylic acids is 1. The van der Waals surface area contributed by atoms with Crippen LogP contribution < -0.4 is 5.32 Å². The van der Waals surface area contributed by atoms with Crippen molar-refractivity contribution in [2.45, 2.75) is 18.9 Å². The molecule has 0 saturated carbocycles. The predicted octanol–water partition coefficient (Wildman–Crippen LogP) is 5.11. The second-order valence-electron chi connectivity index (χ2n) is 7.77. The van der Waals surface area contributed by atoms with E-state index in [0.29, 0.717) is 5.69 Å². The summed E-state index contributed by atoms with van der Waals surface area (Å²) in [6.45, 7) is 0. The zero-order chi connectivity index (χ0) is 20.1. The fraction of sp³-hybridized carbons (Fsp3) is 0.120. The molecule has 0 bridgehead atoms. The van der Waals surface area contributed by atoms with Crippen LogP contribution in [0.3, 0.4) is 0 Å². The number of hydrogen-bond acceptors (Lipinski definition) is 3. The Bertz CT molecular complexity index is 1390. The van der Waals surface area contributed by atoms with Gasteiger partial charge in [0.25, 0.3) is 5.91 Å². The van der Waals surface area contributed by atoms with Crippen LogP contribution in [0.2, 0.25) is 0 Å². The molecule has 3 aromatic carbocycles. The Hall–Kier alpha value is -3.44. The molecule has 2 heterocycles. The fourth-order valence-corrected chi connectivity index (χ4v) is 5.17. The summed E-state index contributed by atoms with van der Waals surface area (Å²) >= 11 is 1.54. The molecule has 0 saturated heterocycles. The largest absolute Gasteiger partial charge is 0.347 e. The maximum Gasteiger partial charge on any atom is 0.270 e. The maximum atomic E-state index is 13.4. The van der Waals surface area contributed by atoms with Crippen molar-refractivity contribution in [1.82, 2.24) is 14.7 Å². The van der Waals surface area contributed by atoms with E-state index in [9.17, 15) is 4.79 Å². The van der Waals surface area contributed by atoms with Crippen molar-refractivity contribution in [3.05, 3.63) is 95.1 Å². The van der Waals surface area contributed by atoms with Crippen LogP contribution in [0.4, 0.5) is 0 Å². The summed E-state index contributed by atoms with van der Waals surface area (Å²) in [5.74, 6) is -0.0677. The molecular weight excluding hydrogens is 390 g/mol. The molecule has 146 valence electrons. The Morgan fingerprint density at radius 2 is 1.70 bits per heavy atom. The Morgan fingerprint density at radius 3 is 2.50 bits per heavy atom. The van der Waals surface area contributed by atoms with Gasteiger partial charge in [-0.2, -0.15) is 0 Å². The second kappa shape index (κ2) is 6.82. The second-order valence-corrected chi connectivity index (χ2v) is 8.65.